The molecule has 0 atom stereocenters. The largest absolute Gasteiger partial charge is 0.344 e. The lowest BCUT2D eigenvalue weighted by atomic mass is 10.2. The van der Waals surface area contributed by atoms with Crippen molar-refractivity contribution in [2.75, 3.05) is 13.1 Å². The Hall–Kier alpha value is -1.58. The summed E-state index contributed by atoms with van der Waals surface area (Å²) < 4.78 is 28.4. The molecular weight excluding hydrogens is 396 g/mol. The van der Waals surface area contributed by atoms with Gasteiger partial charge in [-0.1, -0.05) is 27.2 Å². The first-order valence-corrected chi connectivity index (χ1v) is 7.18. The normalized spacial score (nSPS) is 11.0. The van der Waals surface area contributed by atoms with E-state index < -0.39 is 24.9 Å². The van der Waals surface area contributed by atoms with E-state index in [0.717, 1.165) is 4.47 Å². The van der Waals surface area contributed by atoms with Gasteiger partial charge in [0, 0.05) is 4.47 Å². The van der Waals surface area contributed by atoms with Gasteiger partial charge in [-0.25, -0.2) is 13.5 Å². The predicted octanol–water partition coefficient (Wildman–Crippen LogP) is 2.08. The number of halogens is 4. The van der Waals surface area contributed by atoms with Gasteiger partial charge in [0.15, 0.2) is 5.69 Å². The molecule has 1 heterocycles. The predicted molar refractivity (Wildman–Crippen MR) is 87.4 cm³/mol. The lowest BCUT2D eigenvalue weighted by molar-refractivity contribution is 0.0118. The van der Waals surface area contributed by atoms with E-state index in [1.54, 1.807) is 19.1 Å². The number of rotatable bonds is 5. The highest BCUT2D eigenvalue weighted by atomic mass is 79.9. The van der Waals surface area contributed by atoms with Gasteiger partial charge in [0.05, 0.1) is 24.5 Å². The molecule has 2 aromatic rings. The topological polar surface area (TPSA) is 85.8 Å². The van der Waals surface area contributed by atoms with Crippen LogP contribution in [0.4, 0.5) is 8.78 Å². The van der Waals surface area contributed by atoms with E-state index in [-0.39, 0.29) is 18.1 Å². The number of nitrogens with one attached hydrogen (secondary N) is 1. The van der Waals surface area contributed by atoms with Crippen molar-refractivity contribution in [1.82, 2.24) is 20.3 Å². The first-order valence-electron chi connectivity index (χ1n) is 6.38. The fourth-order valence-corrected chi connectivity index (χ4v) is 2.14. The third kappa shape index (κ3) is 4.69. The molecule has 0 aliphatic carbocycles. The van der Waals surface area contributed by atoms with Crippen LogP contribution in [0.25, 0.3) is 5.69 Å². The van der Waals surface area contributed by atoms with Crippen LogP contribution in [0.2, 0.25) is 0 Å². The van der Waals surface area contributed by atoms with E-state index in [9.17, 15) is 13.6 Å². The zero-order valence-corrected chi connectivity index (χ0v) is 14.5. The van der Waals surface area contributed by atoms with Crippen LogP contribution < -0.4 is 11.1 Å². The summed E-state index contributed by atoms with van der Waals surface area (Å²) in [7, 11) is 0. The van der Waals surface area contributed by atoms with Gasteiger partial charge < -0.3 is 11.1 Å². The maximum atomic E-state index is 13.1. The standard InChI is InChI=1S/C13H14BrF2N5O.ClH/c1-8-11(12(22)18-7-13(15,16)6-17)19-20-21(8)10-4-2-3-9(14)5-10;/h2-5H,6-7,17H2,1H3,(H,18,22);1H. The molecule has 6 nitrogen and oxygen atoms in total. The van der Waals surface area contributed by atoms with Crippen LogP contribution >= 0.6 is 28.3 Å². The molecule has 3 N–H and O–H groups in total. The Morgan fingerprint density at radius 1 is 1.48 bits per heavy atom. The molecule has 0 spiro atoms. The van der Waals surface area contributed by atoms with Crippen molar-refractivity contribution in [2.45, 2.75) is 12.8 Å². The van der Waals surface area contributed by atoms with Crippen LogP contribution in [0.15, 0.2) is 28.7 Å². The highest BCUT2D eigenvalue weighted by Gasteiger charge is 2.28. The first-order chi connectivity index (χ1) is 10.3. The Kier molecular flexibility index (Phi) is 6.60. The van der Waals surface area contributed by atoms with E-state index in [2.05, 4.69) is 31.6 Å². The van der Waals surface area contributed by atoms with Crippen LogP contribution in [0, 0.1) is 6.92 Å². The second-order valence-corrected chi connectivity index (χ2v) is 5.57. The van der Waals surface area contributed by atoms with Gasteiger partial charge in [-0.15, -0.1) is 17.5 Å². The second kappa shape index (κ2) is 7.80. The molecule has 23 heavy (non-hydrogen) atoms. The lowest BCUT2D eigenvalue weighted by Crippen LogP contribution is -2.41. The molecule has 0 aliphatic heterocycles. The average Bonchev–Trinajstić information content (AvgIpc) is 2.87. The highest BCUT2D eigenvalue weighted by molar-refractivity contribution is 9.10. The Morgan fingerprint density at radius 3 is 2.78 bits per heavy atom. The van der Waals surface area contributed by atoms with Gasteiger partial charge in [0.1, 0.15) is 0 Å². The van der Waals surface area contributed by atoms with Gasteiger partial charge >= 0.3 is 0 Å². The number of carbonyl (C=O) groups excluding carboxylic acids is 1. The quantitative estimate of drug-likeness (QED) is 0.790. The van der Waals surface area contributed by atoms with Crippen molar-refractivity contribution in [2.24, 2.45) is 5.73 Å². The summed E-state index contributed by atoms with van der Waals surface area (Å²) in [6.45, 7) is -0.0423. The summed E-state index contributed by atoms with van der Waals surface area (Å²) in [6.07, 6.45) is 0. The Bertz CT molecular complexity index is 695. The van der Waals surface area contributed by atoms with E-state index in [4.69, 9.17) is 5.73 Å². The fraction of sp³-hybridized carbons (Fsp3) is 0.308. The minimum Gasteiger partial charge on any atom is -0.344 e. The van der Waals surface area contributed by atoms with E-state index >= 15 is 0 Å². The molecule has 126 valence electrons. The molecule has 0 saturated heterocycles. The number of aromatic nitrogens is 3. The minimum absolute atomic E-state index is 0. The molecule has 0 aliphatic rings. The summed E-state index contributed by atoms with van der Waals surface area (Å²) in [6, 6.07) is 7.24. The maximum absolute atomic E-state index is 13.1. The number of hydrogen-bond donors (Lipinski definition) is 2. The number of hydrogen-bond acceptors (Lipinski definition) is 4. The number of nitrogens with zero attached hydrogens (tertiary/aromatic N) is 3. The van der Waals surface area contributed by atoms with Crippen LogP contribution in [-0.2, 0) is 0 Å². The lowest BCUT2D eigenvalue weighted by Gasteiger charge is -2.13. The van der Waals surface area contributed by atoms with Crippen LogP contribution in [-0.4, -0.2) is 39.9 Å². The minimum atomic E-state index is -3.15. The monoisotopic (exact) mass is 409 g/mol. The third-order valence-corrected chi connectivity index (χ3v) is 3.46. The SMILES string of the molecule is Cc1c(C(=O)NCC(F)(F)CN)nnn1-c1cccc(Br)c1.Cl. The smallest absolute Gasteiger partial charge is 0.277 e. The van der Waals surface area contributed by atoms with Gasteiger partial charge in [-0.05, 0) is 25.1 Å². The molecule has 0 radical (unpaired) electrons. The molecule has 0 saturated carbocycles. The van der Waals surface area contributed by atoms with Crippen LogP contribution in [0.3, 0.4) is 0 Å². The zero-order valence-electron chi connectivity index (χ0n) is 12.1. The molecule has 0 bridgehead atoms. The van der Waals surface area contributed by atoms with Gasteiger partial charge in [-0.2, -0.15) is 0 Å². The Morgan fingerprint density at radius 2 is 2.17 bits per heavy atom. The fourth-order valence-electron chi connectivity index (χ4n) is 1.76. The summed E-state index contributed by atoms with van der Waals surface area (Å²) in [5.41, 5.74) is 6.06. The third-order valence-electron chi connectivity index (χ3n) is 2.97. The van der Waals surface area contributed by atoms with E-state index in [1.807, 2.05) is 12.1 Å². The molecular formula is C13H15BrClF2N5O. The molecule has 0 fully saturated rings. The van der Waals surface area contributed by atoms with Crippen molar-refractivity contribution in [3.63, 3.8) is 0 Å². The zero-order chi connectivity index (χ0) is 16.3. The van der Waals surface area contributed by atoms with E-state index in [1.165, 1.54) is 4.68 Å². The highest BCUT2D eigenvalue weighted by Crippen LogP contribution is 2.17. The van der Waals surface area contributed by atoms with Crippen molar-refractivity contribution in [3.05, 3.63) is 40.1 Å². The van der Waals surface area contributed by atoms with Crippen molar-refractivity contribution >= 4 is 34.2 Å². The van der Waals surface area contributed by atoms with Crippen molar-refractivity contribution in [3.8, 4) is 5.69 Å². The average molecular weight is 411 g/mol. The molecule has 10 heteroatoms. The molecule has 1 aromatic carbocycles. The van der Waals surface area contributed by atoms with Gasteiger partial charge in [-0.3, -0.25) is 4.79 Å². The summed E-state index contributed by atoms with van der Waals surface area (Å²) in [4.78, 5) is 11.9. The Labute approximate surface area is 146 Å². The van der Waals surface area contributed by atoms with Gasteiger partial charge in [0.2, 0.25) is 0 Å². The molecule has 1 amide bonds. The summed E-state index contributed by atoms with van der Waals surface area (Å²) >= 11 is 3.34. The second-order valence-electron chi connectivity index (χ2n) is 4.66. The van der Waals surface area contributed by atoms with Gasteiger partial charge in [0.25, 0.3) is 11.8 Å². The number of benzene rings is 1. The van der Waals surface area contributed by atoms with E-state index in [0.29, 0.717) is 11.4 Å². The molecule has 0 unspecified atom stereocenters. The number of nitrogens with two attached hydrogens (primary N) is 1. The van der Waals surface area contributed by atoms with Crippen LogP contribution in [0.5, 0.6) is 0 Å². The maximum Gasteiger partial charge on any atom is 0.277 e. The number of amides is 1. The summed E-state index contributed by atoms with van der Waals surface area (Å²) in [5.74, 6) is -3.86. The molecule has 2 rings (SSSR count). The van der Waals surface area contributed by atoms with Crippen molar-refractivity contribution < 1.29 is 13.6 Å². The number of carbonyl (C=O) groups is 1. The van der Waals surface area contributed by atoms with Crippen LogP contribution in [0.1, 0.15) is 16.2 Å². The number of alkyl halides is 2. The Balaban J connectivity index is 0.00000264. The van der Waals surface area contributed by atoms with Crippen molar-refractivity contribution in [1.29, 1.82) is 0 Å². The first kappa shape index (κ1) is 19.5. The molecule has 1 aromatic heterocycles. The summed E-state index contributed by atoms with van der Waals surface area (Å²) in [5, 5.41) is 9.76.